The Bertz CT molecular complexity index is 1650. The lowest BCUT2D eigenvalue weighted by Gasteiger charge is -2.26. The summed E-state index contributed by atoms with van der Waals surface area (Å²) in [5, 5.41) is 6.20. The molecule has 1 amide bonds. The molecule has 0 fully saturated rings. The second-order valence-corrected chi connectivity index (χ2v) is 10.8. The normalized spacial score (nSPS) is 10.7. The van der Waals surface area contributed by atoms with Crippen LogP contribution in [0.25, 0.3) is 5.69 Å². The molecule has 0 spiro atoms. The maximum absolute atomic E-state index is 14.0. The van der Waals surface area contributed by atoms with Crippen molar-refractivity contribution >= 4 is 29.2 Å². The van der Waals surface area contributed by atoms with Gasteiger partial charge in [-0.2, -0.15) is 0 Å². The van der Waals surface area contributed by atoms with Crippen LogP contribution in [0.4, 0.5) is 25.8 Å². The highest BCUT2D eigenvalue weighted by atomic mass is 19.1. The zero-order valence-electron chi connectivity index (χ0n) is 28.5. The van der Waals surface area contributed by atoms with E-state index in [1.54, 1.807) is 33.2 Å². The number of hydrogen-bond donors (Lipinski definition) is 2. The highest BCUT2D eigenvalue weighted by Crippen LogP contribution is 2.38. The molecule has 0 saturated carbocycles. The molecule has 0 bridgehead atoms. The molecule has 1 heterocycles. The van der Waals surface area contributed by atoms with E-state index in [9.17, 15) is 18.4 Å². The van der Waals surface area contributed by atoms with E-state index in [2.05, 4.69) is 22.1 Å². The number of nitrogens with one attached hydrogen (secondary N) is 2. The Morgan fingerprint density at radius 1 is 0.978 bits per heavy atom. The first-order valence-corrected chi connectivity index (χ1v) is 14.9. The molecule has 2 aromatic carbocycles. The summed E-state index contributed by atoms with van der Waals surface area (Å²) < 4.78 is 34.9. The molecule has 0 radical (unpaired) electrons. The van der Waals surface area contributed by atoms with Crippen LogP contribution >= 0.6 is 0 Å². The van der Waals surface area contributed by atoms with Crippen LogP contribution in [0.2, 0.25) is 0 Å². The Labute approximate surface area is 270 Å². The Hall–Kier alpha value is -4.77. The fourth-order valence-electron chi connectivity index (χ4n) is 4.53. The number of aromatic nitrogens is 1. The molecule has 2 N–H and O–H groups in total. The van der Waals surface area contributed by atoms with E-state index < -0.39 is 17.2 Å². The van der Waals surface area contributed by atoms with E-state index in [1.807, 2.05) is 59.8 Å². The number of carbonyl (C=O) groups excluding carboxylic acids is 1. The molecule has 9 nitrogen and oxygen atoms in total. The van der Waals surface area contributed by atoms with Crippen molar-refractivity contribution in [2.24, 2.45) is 4.99 Å². The first-order chi connectivity index (χ1) is 21.7. The molecule has 3 rings (SSSR count). The molecule has 0 saturated heterocycles. The van der Waals surface area contributed by atoms with Gasteiger partial charge in [-0.3, -0.25) is 14.2 Å². The molecule has 0 unspecified atom stereocenters. The van der Waals surface area contributed by atoms with Crippen molar-refractivity contribution < 1.29 is 18.3 Å². The number of allylic oxidation sites excluding steroid dienone is 1. The molecule has 248 valence electrons. The summed E-state index contributed by atoms with van der Waals surface area (Å²) in [4.78, 5) is 34.0. The van der Waals surface area contributed by atoms with E-state index in [0.29, 0.717) is 46.3 Å². The number of hydrogen-bond acceptors (Lipinski definition) is 7. The number of amides is 1. The van der Waals surface area contributed by atoms with Crippen LogP contribution in [0.15, 0.2) is 70.2 Å². The first-order valence-electron chi connectivity index (χ1n) is 14.9. The lowest BCUT2D eigenvalue weighted by Crippen LogP contribution is -2.29. The van der Waals surface area contributed by atoms with Gasteiger partial charge >= 0.3 is 0 Å². The van der Waals surface area contributed by atoms with Crippen LogP contribution in [0.5, 0.6) is 5.75 Å². The minimum absolute atomic E-state index is 0.0784. The van der Waals surface area contributed by atoms with Gasteiger partial charge in [-0.05, 0) is 77.2 Å². The highest BCUT2D eigenvalue weighted by molar-refractivity contribution is 6.02. The topological polar surface area (TPSA) is 91.2 Å². The smallest absolute Gasteiger partial charge is 0.255 e. The average molecular weight is 637 g/mol. The Balaban J connectivity index is 0.00000361. The van der Waals surface area contributed by atoms with Crippen molar-refractivity contribution in [3.05, 3.63) is 99.3 Å². The first kappa shape index (κ1) is 37.4. The lowest BCUT2D eigenvalue weighted by atomic mass is 10.1. The number of benzene rings is 2. The second-order valence-electron chi connectivity index (χ2n) is 10.8. The molecule has 1 aromatic heterocycles. The van der Waals surface area contributed by atoms with Gasteiger partial charge in [-0.25, -0.2) is 13.8 Å². The largest absolute Gasteiger partial charge is 0.494 e. The van der Waals surface area contributed by atoms with Gasteiger partial charge in [0.25, 0.3) is 5.56 Å². The SMILES string of the molecule is C=CC(=O)Nc1cc(NC(/N=C\c2c(C)cc(=O)n(-c3cc(F)cc(F)c3)c2C)=C(C)C)c(OC)cc1N(C)CCN(C)C.CC. The zero-order chi connectivity index (χ0) is 34.7. The van der Waals surface area contributed by atoms with Crippen LogP contribution in [0, 0.1) is 25.5 Å². The van der Waals surface area contributed by atoms with Crippen molar-refractivity contribution in [2.75, 3.05) is 56.9 Å². The van der Waals surface area contributed by atoms with Gasteiger partial charge < -0.3 is 25.2 Å². The van der Waals surface area contributed by atoms with Crippen LogP contribution in [0.1, 0.15) is 44.5 Å². The number of carbonyl (C=O) groups is 1. The van der Waals surface area contributed by atoms with Gasteiger partial charge in [-0.1, -0.05) is 20.4 Å². The molecular formula is C35H46F2N6O3. The standard InChI is InChI=1S/C33H40F2N6O3.C2H6/c1-10-31(42)37-27-17-28(30(44-9)18-29(27)40(8)12-11-39(6)7)38-33(20(2)3)36-19-26-21(4)13-32(43)41(22(26)5)25-15-23(34)14-24(35)16-25;1-2/h10,13-19,38H,1,11-12H2,2-9H3,(H,37,42);1-2H3/b36-19-;. The Morgan fingerprint density at radius 2 is 1.61 bits per heavy atom. The van der Waals surface area contributed by atoms with Crippen LogP contribution < -0.4 is 25.8 Å². The number of pyridine rings is 1. The maximum atomic E-state index is 14.0. The molecule has 11 heteroatoms. The van der Waals surface area contributed by atoms with E-state index in [-0.39, 0.29) is 11.6 Å². The van der Waals surface area contributed by atoms with Crippen LogP contribution in [-0.2, 0) is 4.79 Å². The molecular weight excluding hydrogens is 590 g/mol. The maximum Gasteiger partial charge on any atom is 0.255 e. The third-order valence-electron chi connectivity index (χ3n) is 6.92. The van der Waals surface area contributed by atoms with Gasteiger partial charge in [-0.15, -0.1) is 0 Å². The van der Waals surface area contributed by atoms with Crippen molar-refractivity contribution in [3.63, 3.8) is 0 Å². The number of aryl methyl sites for hydroxylation is 1. The zero-order valence-corrected chi connectivity index (χ0v) is 28.5. The third-order valence-corrected chi connectivity index (χ3v) is 6.92. The van der Waals surface area contributed by atoms with Gasteiger partial charge in [0.15, 0.2) is 0 Å². The number of halogens is 2. The third kappa shape index (κ3) is 9.61. The van der Waals surface area contributed by atoms with Crippen LogP contribution in [0.3, 0.4) is 0 Å². The van der Waals surface area contributed by atoms with Gasteiger partial charge in [0.05, 0.1) is 29.9 Å². The second kappa shape index (κ2) is 17.1. The summed E-state index contributed by atoms with van der Waals surface area (Å²) in [6, 6.07) is 7.97. The molecule has 0 aliphatic rings. The predicted octanol–water partition coefficient (Wildman–Crippen LogP) is 6.67. The summed E-state index contributed by atoms with van der Waals surface area (Å²) >= 11 is 0. The summed E-state index contributed by atoms with van der Waals surface area (Å²) in [6.45, 7) is 16.3. The van der Waals surface area contributed by atoms with E-state index in [1.165, 1.54) is 16.7 Å². The molecule has 0 atom stereocenters. The van der Waals surface area contributed by atoms with E-state index in [4.69, 9.17) is 9.73 Å². The highest BCUT2D eigenvalue weighted by Gasteiger charge is 2.17. The monoisotopic (exact) mass is 636 g/mol. The van der Waals surface area contributed by atoms with Crippen molar-refractivity contribution in [1.82, 2.24) is 9.47 Å². The number of likely N-dealkylation sites (N-methyl/N-ethyl adjacent to an activating group) is 2. The molecule has 3 aromatic rings. The minimum Gasteiger partial charge on any atom is -0.494 e. The Kier molecular flexibility index (Phi) is 13.9. The fraction of sp³-hybridized carbons (Fsp3) is 0.343. The summed E-state index contributed by atoms with van der Waals surface area (Å²) in [7, 11) is 7.47. The number of nitrogens with zero attached hydrogens (tertiary/aromatic N) is 4. The lowest BCUT2D eigenvalue weighted by molar-refractivity contribution is -0.111. The number of anilines is 3. The quantitative estimate of drug-likeness (QED) is 0.171. The van der Waals surface area contributed by atoms with Gasteiger partial charge in [0.1, 0.15) is 23.2 Å². The molecule has 0 aliphatic heterocycles. The number of methoxy groups -OCH3 is 1. The molecule has 46 heavy (non-hydrogen) atoms. The summed E-state index contributed by atoms with van der Waals surface area (Å²) in [5.41, 5.74) is 4.09. The van der Waals surface area contributed by atoms with Crippen molar-refractivity contribution in [2.45, 2.75) is 41.5 Å². The number of rotatable bonds is 12. The fourth-order valence-corrected chi connectivity index (χ4v) is 4.53. The Morgan fingerprint density at radius 3 is 2.15 bits per heavy atom. The predicted molar refractivity (Wildman–Crippen MR) is 186 cm³/mol. The van der Waals surface area contributed by atoms with Gasteiger partial charge in [0.2, 0.25) is 5.91 Å². The van der Waals surface area contributed by atoms with Crippen molar-refractivity contribution in [3.8, 4) is 11.4 Å². The van der Waals surface area contributed by atoms with E-state index in [0.717, 1.165) is 36.0 Å². The number of aliphatic imine (C=N–C) groups is 1. The van der Waals surface area contributed by atoms with E-state index >= 15 is 0 Å². The molecule has 0 aliphatic carbocycles. The minimum atomic E-state index is -0.786. The number of ether oxygens (including phenoxy) is 1. The van der Waals surface area contributed by atoms with Gasteiger partial charge in [0, 0.05) is 55.8 Å². The van der Waals surface area contributed by atoms with Crippen molar-refractivity contribution in [1.29, 1.82) is 0 Å². The summed E-state index contributed by atoms with van der Waals surface area (Å²) in [5.74, 6) is -0.915. The van der Waals surface area contributed by atoms with Crippen LogP contribution in [-0.4, -0.2) is 62.9 Å². The summed E-state index contributed by atoms with van der Waals surface area (Å²) in [6.07, 6.45) is 2.80. The average Bonchev–Trinajstić information content (AvgIpc) is 2.99.